The van der Waals surface area contributed by atoms with Crippen LogP contribution >= 0.6 is 0 Å². The topological polar surface area (TPSA) is 8.82 Å². The first-order valence-electron chi connectivity index (χ1n) is 23.7. The third-order valence-corrected chi connectivity index (χ3v) is 15.3. The zero-order valence-corrected chi connectivity index (χ0v) is 36.8. The standard InChI is InChI=1S/C66H38N2/c1-2-16-39(17-3-1)41-36-40-18-4-5-19-42(40)59(37-41)62-47-24-10-22-43(49-26-12-30-53-55-32-14-28-51-45-20-6-8-34-60(45)67(63(49)53)65(51)55)57(47)38-58-44(23-11-25-48(58)62)50-27-13-31-54-56-33-15-29-52-46-21-7-9-35-61(46)68(64(50)54)66(52)56/h1-38H. The van der Waals surface area contributed by atoms with Crippen LogP contribution in [-0.4, -0.2) is 8.80 Å². The van der Waals surface area contributed by atoms with E-state index >= 15 is 0 Å². The lowest BCUT2D eigenvalue weighted by Crippen LogP contribution is -1.94. The van der Waals surface area contributed by atoms with Gasteiger partial charge in [0, 0.05) is 54.2 Å². The average Bonchev–Trinajstić information content (AvgIpc) is 4.14. The van der Waals surface area contributed by atoms with Crippen LogP contribution in [0.25, 0.3) is 153 Å². The van der Waals surface area contributed by atoms with Gasteiger partial charge in [-0.15, -0.1) is 0 Å². The van der Waals surface area contributed by atoms with Gasteiger partial charge in [0.15, 0.2) is 0 Å². The van der Waals surface area contributed by atoms with Gasteiger partial charge < -0.3 is 8.80 Å². The molecule has 16 aromatic rings. The molecule has 0 amide bonds. The molecular weight excluding hydrogens is 821 g/mol. The van der Waals surface area contributed by atoms with Crippen LogP contribution in [-0.2, 0) is 0 Å². The van der Waals surface area contributed by atoms with Gasteiger partial charge in [-0.05, 0) is 96.0 Å². The second-order valence-corrected chi connectivity index (χ2v) is 18.7. The molecule has 0 unspecified atom stereocenters. The van der Waals surface area contributed by atoms with E-state index in [0.717, 1.165) is 0 Å². The average molecular weight is 859 g/mol. The van der Waals surface area contributed by atoms with Crippen LogP contribution in [0.15, 0.2) is 231 Å². The second-order valence-electron chi connectivity index (χ2n) is 18.7. The first-order chi connectivity index (χ1) is 33.8. The number of nitrogens with zero attached hydrogens (tertiary/aromatic N) is 2. The Morgan fingerprint density at radius 3 is 1.15 bits per heavy atom. The molecule has 0 fully saturated rings. The summed E-state index contributed by atoms with van der Waals surface area (Å²) >= 11 is 0. The molecule has 0 aliphatic rings. The summed E-state index contributed by atoms with van der Waals surface area (Å²) in [6.07, 6.45) is 0. The summed E-state index contributed by atoms with van der Waals surface area (Å²) in [5.74, 6) is 0. The summed E-state index contributed by atoms with van der Waals surface area (Å²) in [6, 6.07) is 86.5. The highest BCUT2D eigenvalue weighted by Gasteiger charge is 2.25. The maximum atomic E-state index is 2.54. The minimum Gasteiger partial charge on any atom is -0.307 e. The molecule has 4 aromatic heterocycles. The van der Waals surface area contributed by atoms with E-state index in [9.17, 15) is 0 Å². The van der Waals surface area contributed by atoms with Crippen molar-refractivity contribution in [2.75, 3.05) is 0 Å². The SMILES string of the molecule is c1ccc(-c2cc(-c3c4cccc(-c5cccc6c7cccc8c9ccccc9n(c56)c87)c4cc4c(-c5cccc6c7cccc8c9ccccc9n(c56)c87)cccc34)c3ccccc3c2)cc1. The molecule has 12 aromatic carbocycles. The van der Waals surface area contributed by atoms with Crippen LogP contribution in [0.5, 0.6) is 0 Å². The van der Waals surface area contributed by atoms with Gasteiger partial charge in [0.2, 0.25) is 0 Å². The van der Waals surface area contributed by atoms with Crippen molar-refractivity contribution in [3.05, 3.63) is 231 Å². The number of fused-ring (bicyclic) bond motifs is 15. The number of benzene rings is 12. The summed E-state index contributed by atoms with van der Waals surface area (Å²) in [6.45, 7) is 0. The van der Waals surface area contributed by atoms with Gasteiger partial charge in [0.25, 0.3) is 0 Å². The molecule has 0 aliphatic carbocycles. The van der Waals surface area contributed by atoms with Gasteiger partial charge in [-0.25, -0.2) is 0 Å². The number of rotatable bonds is 4. The first kappa shape index (κ1) is 36.3. The van der Waals surface area contributed by atoms with E-state index in [4.69, 9.17) is 0 Å². The molecule has 0 N–H and O–H groups in total. The lowest BCUT2D eigenvalue weighted by atomic mass is 9.83. The molecule has 0 spiro atoms. The van der Waals surface area contributed by atoms with E-state index in [1.807, 2.05) is 0 Å². The molecule has 2 nitrogen and oxygen atoms in total. The summed E-state index contributed by atoms with van der Waals surface area (Å²) in [4.78, 5) is 0. The van der Waals surface area contributed by atoms with Gasteiger partial charge in [0.05, 0.1) is 33.1 Å². The molecule has 4 heterocycles. The smallest absolute Gasteiger partial charge is 0.0620 e. The van der Waals surface area contributed by atoms with Gasteiger partial charge in [-0.2, -0.15) is 0 Å². The van der Waals surface area contributed by atoms with E-state index in [2.05, 4.69) is 239 Å². The van der Waals surface area contributed by atoms with E-state index in [0.29, 0.717) is 0 Å². The largest absolute Gasteiger partial charge is 0.307 e. The molecule has 0 bridgehead atoms. The minimum absolute atomic E-state index is 1.21. The molecule has 312 valence electrons. The number of hydrogen-bond acceptors (Lipinski definition) is 0. The van der Waals surface area contributed by atoms with Crippen LogP contribution in [0.3, 0.4) is 0 Å². The monoisotopic (exact) mass is 858 g/mol. The highest BCUT2D eigenvalue weighted by molar-refractivity contribution is 6.29. The number of aromatic nitrogens is 2. The van der Waals surface area contributed by atoms with E-state index < -0.39 is 0 Å². The molecule has 68 heavy (non-hydrogen) atoms. The zero-order chi connectivity index (χ0) is 44.2. The lowest BCUT2D eigenvalue weighted by Gasteiger charge is -2.20. The third-order valence-electron chi connectivity index (χ3n) is 15.3. The molecule has 16 rings (SSSR count). The fourth-order valence-electron chi connectivity index (χ4n) is 12.6. The second kappa shape index (κ2) is 13.3. The van der Waals surface area contributed by atoms with Crippen LogP contribution in [0.2, 0.25) is 0 Å². The van der Waals surface area contributed by atoms with Crippen molar-refractivity contribution in [1.29, 1.82) is 0 Å². The molecule has 0 saturated heterocycles. The van der Waals surface area contributed by atoms with Crippen LogP contribution in [0.4, 0.5) is 0 Å². The molecule has 0 radical (unpaired) electrons. The Morgan fingerprint density at radius 1 is 0.206 bits per heavy atom. The fraction of sp³-hybridized carbons (Fsp3) is 0. The predicted molar refractivity (Wildman–Crippen MR) is 290 cm³/mol. The van der Waals surface area contributed by atoms with Gasteiger partial charge >= 0.3 is 0 Å². The summed E-state index contributed by atoms with van der Waals surface area (Å²) in [5.41, 5.74) is 17.4. The van der Waals surface area contributed by atoms with Crippen molar-refractivity contribution in [3.8, 4) is 44.5 Å². The Bertz CT molecular complexity index is 4540. The van der Waals surface area contributed by atoms with Crippen molar-refractivity contribution in [2.24, 2.45) is 0 Å². The Balaban J connectivity index is 1.09. The Hall–Kier alpha value is -8.98. The van der Waals surface area contributed by atoms with Crippen molar-refractivity contribution >= 4 is 109 Å². The first-order valence-corrected chi connectivity index (χ1v) is 23.7. The minimum atomic E-state index is 1.21. The van der Waals surface area contributed by atoms with Crippen LogP contribution in [0, 0.1) is 0 Å². The van der Waals surface area contributed by atoms with Gasteiger partial charge in [-0.1, -0.05) is 200 Å². The highest BCUT2D eigenvalue weighted by Crippen LogP contribution is 2.50. The van der Waals surface area contributed by atoms with E-state index in [-0.39, 0.29) is 0 Å². The Kier molecular flexibility index (Phi) is 7.10. The quantitative estimate of drug-likeness (QED) is 0.156. The fourth-order valence-corrected chi connectivity index (χ4v) is 12.6. The lowest BCUT2D eigenvalue weighted by molar-refractivity contribution is 1.37. The van der Waals surface area contributed by atoms with E-state index in [1.165, 1.54) is 153 Å². The number of para-hydroxylation sites is 6. The summed E-state index contributed by atoms with van der Waals surface area (Å²) in [5, 5.41) is 17.7. The van der Waals surface area contributed by atoms with Crippen molar-refractivity contribution in [1.82, 2.24) is 8.80 Å². The van der Waals surface area contributed by atoms with Crippen molar-refractivity contribution in [2.45, 2.75) is 0 Å². The molecule has 0 saturated carbocycles. The van der Waals surface area contributed by atoms with Crippen molar-refractivity contribution in [3.63, 3.8) is 0 Å². The highest BCUT2D eigenvalue weighted by atomic mass is 14.9. The van der Waals surface area contributed by atoms with Gasteiger partial charge in [0.1, 0.15) is 0 Å². The van der Waals surface area contributed by atoms with Gasteiger partial charge in [-0.3, -0.25) is 0 Å². The maximum Gasteiger partial charge on any atom is 0.0620 e. The predicted octanol–water partition coefficient (Wildman–Crippen LogP) is 18.1. The molecule has 2 heteroatoms. The van der Waals surface area contributed by atoms with E-state index in [1.54, 1.807) is 0 Å². The maximum absolute atomic E-state index is 2.54. The number of hydrogen-bond donors (Lipinski definition) is 0. The van der Waals surface area contributed by atoms with Crippen LogP contribution < -0.4 is 0 Å². The zero-order valence-electron chi connectivity index (χ0n) is 36.8. The molecule has 0 atom stereocenters. The normalized spacial score (nSPS) is 12.4. The van der Waals surface area contributed by atoms with Crippen LogP contribution in [0.1, 0.15) is 0 Å². The Labute approximate surface area is 390 Å². The summed E-state index contributed by atoms with van der Waals surface area (Å²) in [7, 11) is 0. The summed E-state index contributed by atoms with van der Waals surface area (Å²) < 4.78 is 5.08. The molecule has 0 aliphatic heterocycles. The molecular formula is C66H38N2. The van der Waals surface area contributed by atoms with Crippen molar-refractivity contribution < 1.29 is 0 Å². The third kappa shape index (κ3) is 4.66. The Morgan fingerprint density at radius 2 is 0.603 bits per heavy atom.